The van der Waals surface area contributed by atoms with Gasteiger partial charge >= 0.3 is 0 Å². The molecule has 1 aromatic heterocycles. The van der Waals surface area contributed by atoms with Crippen molar-refractivity contribution < 1.29 is 4.74 Å². The summed E-state index contributed by atoms with van der Waals surface area (Å²) >= 11 is 0. The molecule has 0 bridgehead atoms. The smallest absolute Gasteiger partial charge is 0.0507 e. The number of hydrogen-bond acceptors (Lipinski definition) is 1. The fourth-order valence-electron chi connectivity index (χ4n) is 1.99. The summed E-state index contributed by atoms with van der Waals surface area (Å²) in [7, 11) is 0. The van der Waals surface area contributed by atoms with Crippen molar-refractivity contribution in [2.24, 2.45) is 0 Å². The molecule has 2 heteroatoms. The van der Waals surface area contributed by atoms with Crippen LogP contribution >= 0.6 is 0 Å². The minimum Gasteiger partial charge on any atom is -0.381 e. The molecule has 1 aromatic carbocycles. The van der Waals surface area contributed by atoms with E-state index in [2.05, 4.69) is 36.3 Å². The van der Waals surface area contributed by atoms with Crippen molar-refractivity contribution in [1.82, 2.24) is 4.98 Å². The van der Waals surface area contributed by atoms with E-state index in [0.717, 1.165) is 26.1 Å². The van der Waals surface area contributed by atoms with Crippen LogP contribution in [0.5, 0.6) is 0 Å². The number of aromatic amines is 1. The van der Waals surface area contributed by atoms with Crippen LogP contribution in [0, 0.1) is 0 Å². The zero-order chi connectivity index (χ0) is 11.4. The zero-order valence-electron chi connectivity index (χ0n) is 10.0. The summed E-state index contributed by atoms with van der Waals surface area (Å²) in [4.78, 5) is 3.33. The molecule has 1 N–H and O–H groups in total. The van der Waals surface area contributed by atoms with Crippen LogP contribution in [-0.2, 0) is 17.6 Å². The van der Waals surface area contributed by atoms with Gasteiger partial charge in [-0.2, -0.15) is 0 Å². The maximum Gasteiger partial charge on any atom is 0.0507 e. The maximum atomic E-state index is 5.39. The first-order chi connectivity index (χ1) is 7.85. The van der Waals surface area contributed by atoms with Crippen LogP contribution in [0.15, 0.2) is 24.4 Å². The van der Waals surface area contributed by atoms with Gasteiger partial charge in [-0.3, -0.25) is 0 Å². The number of ether oxygens (including phenoxy) is 1. The molecule has 86 valence electrons. The number of H-pyrrole nitrogens is 1. The largest absolute Gasteiger partial charge is 0.381 e. The average molecular weight is 217 g/mol. The Morgan fingerprint density at radius 2 is 2.12 bits per heavy atom. The molecule has 0 atom stereocenters. The molecule has 0 radical (unpaired) electrons. The van der Waals surface area contributed by atoms with Gasteiger partial charge in [-0.1, -0.05) is 19.1 Å². The first kappa shape index (κ1) is 11.2. The van der Waals surface area contributed by atoms with Crippen molar-refractivity contribution >= 4 is 10.9 Å². The fraction of sp³-hybridized carbons (Fsp3) is 0.429. The molecule has 0 saturated heterocycles. The second kappa shape index (κ2) is 5.17. The van der Waals surface area contributed by atoms with Crippen LogP contribution in [0.25, 0.3) is 10.9 Å². The van der Waals surface area contributed by atoms with Crippen LogP contribution in [0.1, 0.15) is 25.0 Å². The third-order valence-electron chi connectivity index (χ3n) is 2.96. The lowest BCUT2D eigenvalue weighted by atomic mass is 10.1. The SMILES string of the molecule is CCOCCc1c[nH]c2cc(CC)ccc12. The Morgan fingerprint density at radius 3 is 2.88 bits per heavy atom. The lowest BCUT2D eigenvalue weighted by Gasteiger charge is -2.01. The van der Waals surface area contributed by atoms with E-state index < -0.39 is 0 Å². The molecule has 2 nitrogen and oxygen atoms in total. The van der Waals surface area contributed by atoms with Gasteiger partial charge in [0.2, 0.25) is 0 Å². The predicted molar refractivity (Wildman–Crippen MR) is 67.9 cm³/mol. The highest BCUT2D eigenvalue weighted by Crippen LogP contribution is 2.20. The fourth-order valence-corrected chi connectivity index (χ4v) is 1.99. The molecule has 2 rings (SSSR count). The number of fused-ring (bicyclic) bond motifs is 1. The van der Waals surface area contributed by atoms with Crippen molar-refractivity contribution in [3.05, 3.63) is 35.5 Å². The molecule has 0 saturated carbocycles. The van der Waals surface area contributed by atoms with Gasteiger partial charge in [0.1, 0.15) is 0 Å². The van der Waals surface area contributed by atoms with Gasteiger partial charge in [0.05, 0.1) is 6.61 Å². The van der Waals surface area contributed by atoms with E-state index in [1.165, 1.54) is 22.0 Å². The van der Waals surface area contributed by atoms with Crippen LogP contribution in [0.2, 0.25) is 0 Å². The number of aromatic nitrogens is 1. The molecule has 0 aliphatic heterocycles. The highest BCUT2D eigenvalue weighted by molar-refractivity contribution is 5.83. The molecule has 16 heavy (non-hydrogen) atoms. The van der Waals surface area contributed by atoms with Crippen molar-refractivity contribution in [2.45, 2.75) is 26.7 Å². The third kappa shape index (κ3) is 2.27. The molecule has 2 aromatic rings. The molecule has 0 unspecified atom stereocenters. The van der Waals surface area contributed by atoms with Crippen molar-refractivity contribution in [1.29, 1.82) is 0 Å². The molecular formula is C14H19NO. The Labute approximate surface area is 96.6 Å². The minimum absolute atomic E-state index is 0.794. The lowest BCUT2D eigenvalue weighted by Crippen LogP contribution is -1.96. The molecule has 0 aliphatic carbocycles. The normalized spacial score (nSPS) is 11.1. The summed E-state index contributed by atoms with van der Waals surface area (Å²) in [5.41, 5.74) is 3.97. The van der Waals surface area contributed by atoms with Gasteiger partial charge in [-0.15, -0.1) is 0 Å². The Hall–Kier alpha value is -1.28. The quantitative estimate of drug-likeness (QED) is 0.764. The number of benzene rings is 1. The van der Waals surface area contributed by atoms with E-state index in [1.54, 1.807) is 0 Å². The standard InChI is InChI=1S/C14H19NO/c1-3-11-5-6-13-12(7-8-16-4-2)10-15-14(13)9-11/h5-6,9-10,15H,3-4,7-8H2,1-2H3. The van der Waals surface area contributed by atoms with E-state index in [0.29, 0.717) is 0 Å². The lowest BCUT2D eigenvalue weighted by molar-refractivity contribution is 0.151. The third-order valence-corrected chi connectivity index (χ3v) is 2.96. The molecular weight excluding hydrogens is 198 g/mol. The summed E-state index contributed by atoms with van der Waals surface area (Å²) in [5, 5.41) is 1.33. The van der Waals surface area contributed by atoms with E-state index in [4.69, 9.17) is 4.74 Å². The molecule has 0 aliphatic rings. The Bertz CT molecular complexity index is 459. The number of nitrogens with one attached hydrogen (secondary N) is 1. The zero-order valence-corrected chi connectivity index (χ0v) is 10.0. The topological polar surface area (TPSA) is 25.0 Å². The van der Waals surface area contributed by atoms with Crippen molar-refractivity contribution in [2.75, 3.05) is 13.2 Å². The number of hydrogen-bond donors (Lipinski definition) is 1. The van der Waals surface area contributed by atoms with Gasteiger partial charge in [0.15, 0.2) is 0 Å². The van der Waals surface area contributed by atoms with Crippen LogP contribution < -0.4 is 0 Å². The first-order valence-corrected chi connectivity index (χ1v) is 6.01. The number of rotatable bonds is 5. The second-order valence-corrected chi connectivity index (χ2v) is 3.99. The summed E-state index contributed by atoms with van der Waals surface area (Å²) < 4.78 is 5.39. The maximum absolute atomic E-state index is 5.39. The van der Waals surface area contributed by atoms with Gasteiger partial charge in [-0.25, -0.2) is 0 Å². The van der Waals surface area contributed by atoms with E-state index in [-0.39, 0.29) is 0 Å². The molecule has 0 amide bonds. The van der Waals surface area contributed by atoms with Gasteiger partial charge in [0, 0.05) is 23.7 Å². The summed E-state index contributed by atoms with van der Waals surface area (Å²) in [6.45, 7) is 5.81. The van der Waals surface area contributed by atoms with Crippen molar-refractivity contribution in [3.63, 3.8) is 0 Å². The molecule has 0 spiro atoms. The number of aryl methyl sites for hydroxylation is 1. The predicted octanol–water partition coefficient (Wildman–Crippen LogP) is 3.31. The van der Waals surface area contributed by atoms with Crippen LogP contribution in [-0.4, -0.2) is 18.2 Å². The Kier molecular flexibility index (Phi) is 3.62. The van der Waals surface area contributed by atoms with Crippen LogP contribution in [0.4, 0.5) is 0 Å². The summed E-state index contributed by atoms with van der Waals surface area (Å²) in [6, 6.07) is 6.66. The van der Waals surface area contributed by atoms with E-state index in [9.17, 15) is 0 Å². The Balaban J connectivity index is 2.20. The first-order valence-electron chi connectivity index (χ1n) is 6.01. The monoisotopic (exact) mass is 217 g/mol. The minimum atomic E-state index is 0.794. The van der Waals surface area contributed by atoms with E-state index >= 15 is 0 Å². The van der Waals surface area contributed by atoms with Gasteiger partial charge in [-0.05, 0) is 37.0 Å². The summed E-state index contributed by atoms with van der Waals surface area (Å²) in [5.74, 6) is 0. The van der Waals surface area contributed by atoms with Gasteiger partial charge < -0.3 is 9.72 Å². The Morgan fingerprint density at radius 1 is 1.25 bits per heavy atom. The highest BCUT2D eigenvalue weighted by Gasteiger charge is 2.03. The van der Waals surface area contributed by atoms with E-state index in [1.807, 2.05) is 6.92 Å². The highest BCUT2D eigenvalue weighted by atomic mass is 16.5. The van der Waals surface area contributed by atoms with Crippen LogP contribution in [0.3, 0.4) is 0 Å². The molecule has 0 fully saturated rings. The second-order valence-electron chi connectivity index (χ2n) is 3.99. The summed E-state index contributed by atoms with van der Waals surface area (Å²) in [6.07, 6.45) is 4.17. The van der Waals surface area contributed by atoms with Gasteiger partial charge in [0.25, 0.3) is 0 Å². The molecule has 1 heterocycles. The average Bonchev–Trinajstić information content (AvgIpc) is 2.72. The van der Waals surface area contributed by atoms with Crippen molar-refractivity contribution in [3.8, 4) is 0 Å².